The summed E-state index contributed by atoms with van der Waals surface area (Å²) in [5, 5.41) is 2.88. The Balaban J connectivity index is 1.93. The predicted molar refractivity (Wildman–Crippen MR) is 75.9 cm³/mol. The molecule has 1 aromatic heterocycles. The second kappa shape index (κ2) is 6.00. The van der Waals surface area contributed by atoms with Crippen molar-refractivity contribution in [3.05, 3.63) is 59.4 Å². The number of amides is 1. The zero-order valence-corrected chi connectivity index (χ0v) is 10.9. The fourth-order valence-corrected chi connectivity index (χ4v) is 1.83. The minimum Gasteiger partial charge on any atom is -0.398 e. The van der Waals surface area contributed by atoms with Crippen molar-refractivity contribution in [2.24, 2.45) is 0 Å². The molecule has 4 heteroatoms. The SMILES string of the molecule is Cc1ccc(N)c(C(=O)NCCc2ccncc2)c1. The normalized spacial score (nSPS) is 10.2. The van der Waals surface area contributed by atoms with E-state index >= 15 is 0 Å². The number of pyridine rings is 1. The van der Waals surface area contributed by atoms with Gasteiger partial charge in [0.25, 0.3) is 5.91 Å². The Labute approximate surface area is 112 Å². The summed E-state index contributed by atoms with van der Waals surface area (Å²) in [6, 6.07) is 9.33. The Morgan fingerprint density at radius 1 is 1.26 bits per heavy atom. The number of carbonyl (C=O) groups excluding carboxylic acids is 1. The zero-order chi connectivity index (χ0) is 13.7. The number of hydrogen-bond donors (Lipinski definition) is 2. The number of aromatic nitrogens is 1. The van der Waals surface area contributed by atoms with Gasteiger partial charge < -0.3 is 11.1 Å². The minimum absolute atomic E-state index is 0.129. The average molecular weight is 255 g/mol. The molecule has 1 heterocycles. The van der Waals surface area contributed by atoms with Gasteiger partial charge in [0.15, 0.2) is 0 Å². The molecule has 0 fully saturated rings. The maximum Gasteiger partial charge on any atom is 0.253 e. The van der Waals surface area contributed by atoms with E-state index in [0.717, 1.165) is 17.5 Å². The molecule has 0 aliphatic heterocycles. The van der Waals surface area contributed by atoms with E-state index in [1.807, 2.05) is 25.1 Å². The van der Waals surface area contributed by atoms with Gasteiger partial charge in [-0.1, -0.05) is 11.6 Å². The van der Waals surface area contributed by atoms with Crippen LogP contribution in [0.5, 0.6) is 0 Å². The van der Waals surface area contributed by atoms with Gasteiger partial charge >= 0.3 is 0 Å². The first kappa shape index (κ1) is 13.1. The molecule has 4 nitrogen and oxygen atoms in total. The maximum atomic E-state index is 12.0. The van der Waals surface area contributed by atoms with E-state index in [2.05, 4.69) is 10.3 Å². The van der Waals surface area contributed by atoms with Crippen LogP contribution in [0.1, 0.15) is 21.5 Å². The number of rotatable bonds is 4. The highest BCUT2D eigenvalue weighted by Crippen LogP contribution is 2.13. The molecule has 98 valence electrons. The summed E-state index contributed by atoms with van der Waals surface area (Å²) in [6.45, 7) is 2.52. The number of carbonyl (C=O) groups is 1. The first-order chi connectivity index (χ1) is 9.16. The van der Waals surface area contributed by atoms with Gasteiger partial charge in [0.1, 0.15) is 0 Å². The number of nitrogens with one attached hydrogen (secondary N) is 1. The maximum absolute atomic E-state index is 12.0. The van der Waals surface area contributed by atoms with Gasteiger partial charge in [0.2, 0.25) is 0 Å². The lowest BCUT2D eigenvalue weighted by Crippen LogP contribution is -2.26. The quantitative estimate of drug-likeness (QED) is 0.820. The van der Waals surface area contributed by atoms with Crippen molar-refractivity contribution in [2.75, 3.05) is 12.3 Å². The summed E-state index contributed by atoms with van der Waals surface area (Å²) in [5.74, 6) is -0.129. The van der Waals surface area contributed by atoms with E-state index in [1.54, 1.807) is 24.5 Å². The Morgan fingerprint density at radius 3 is 2.74 bits per heavy atom. The van der Waals surface area contributed by atoms with Gasteiger partial charge in [-0.3, -0.25) is 9.78 Å². The number of hydrogen-bond acceptors (Lipinski definition) is 3. The van der Waals surface area contributed by atoms with Gasteiger partial charge in [-0.15, -0.1) is 0 Å². The predicted octanol–water partition coefficient (Wildman–Crippen LogP) is 1.94. The molecule has 1 amide bonds. The molecule has 19 heavy (non-hydrogen) atoms. The Bertz CT molecular complexity index is 567. The molecule has 2 aromatic rings. The van der Waals surface area contributed by atoms with Crippen LogP contribution in [-0.4, -0.2) is 17.4 Å². The lowest BCUT2D eigenvalue weighted by Gasteiger charge is -2.08. The summed E-state index contributed by atoms with van der Waals surface area (Å²) in [4.78, 5) is 16.0. The number of aryl methyl sites for hydroxylation is 1. The minimum atomic E-state index is -0.129. The Morgan fingerprint density at radius 2 is 2.00 bits per heavy atom. The summed E-state index contributed by atoms with van der Waals surface area (Å²) >= 11 is 0. The van der Waals surface area contributed by atoms with E-state index in [9.17, 15) is 4.79 Å². The van der Waals surface area contributed by atoms with Crippen LogP contribution in [0.3, 0.4) is 0 Å². The van der Waals surface area contributed by atoms with Crippen molar-refractivity contribution in [1.29, 1.82) is 0 Å². The van der Waals surface area contributed by atoms with Crippen LogP contribution < -0.4 is 11.1 Å². The molecule has 0 atom stereocenters. The standard InChI is InChI=1S/C15H17N3O/c1-11-2-3-14(16)13(10-11)15(19)18-9-6-12-4-7-17-8-5-12/h2-5,7-8,10H,6,9,16H2,1H3,(H,18,19). The van der Waals surface area contributed by atoms with Crippen LogP contribution in [0.15, 0.2) is 42.7 Å². The molecule has 2 rings (SSSR count). The van der Waals surface area contributed by atoms with Crippen molar-refractivity contribution >= 4 is 11.6 Å². The summed E-state index contributed by atoms with van der Waals surface area (Å²) < 4.78 is 0. The molecule has 0 unspecified atom stereocenters. The molecule has 0 bridgehead atoms. The molecule has 0 saturated carbocycles. The van der Waals surface area contributed by atoms with E-state index < -0.39 is 0 Å². The van der Waals surface area contributed by atoms with Crippen molar-refractivity contribution < 1.29 is 4.79 Å². The summed E-state index contributed by atoms with van der Waals surface area (Å²) in [5.41, 5.74) is 9.01. The van der Waals surface area contributed by atoms with Crippen LogP contribution in [0.25, 0.3) is 0 Å². The van der Waals surface area contributed by atoms with Gasteiger partial charge in [-0.25, -0.2) is 0 Å². The first-order valence-electron chi connectivity index (χ1n) is 6.20. The van der Waals surface area contributed by atoms with Crippen LogP contribution >= 0.6 is 0 Å². The number of nitrogens with zero attached hydrogens (tertiary/aromatic N) is 1. The molecule has 0 saturated heterocycles. The van der Waals surface area contributed by atoms with Crippen LogP contribution in [0.2, 0.25) is 0 Å². The Kier molecular flexibility index (Phi) is 4.13. The third kappa shape index (κ3) is 3.55. The fourth-order valence-electron chi connectivity index (χ4n) is 1.83. The van der Waals surface area contributed by atoms with Crippen LogP contribution in [0, 0.1) is 6.92 Å². The van der Waals surface area contributed by atoms with Gasteiger partial charge in [0, 0.05) is 24.6 Å². The van der Waals surface area contributed by atoms with Crippen molar-refractivity contribution in [3.8, 4) is 0 Å². The lowest BCUT2D eigenvalue weighted by molar-refractivity contribution is 0.0955. The molecule has 0 aliphatic rings. The van der Waals surface area contributed by atoms with E-state index in [-0.39, 0.29) is 5.91 Å². The third-order valence-corrected chi connectivity index (χ3v) is 2.90. The second-order valence-electron chi connectivity index (χ2n) is 4.45. The van der Waals surface area contributed by atoms with E-state index in [4.69, 9.17) is 5.73 Å². The number of nitrogens with two attached hydrogens (primary N) is 1. The van der Waals surface area contributed by atoms with E-state index in [1.165, 1.54) is 0 Å². The van der Waals surface area contributed by atoms with Crippen LogP contribution in [0.4, 0.5) is 5.69 Å². The Hall–Kier alpha value is -2.36. The molecule has 0 spiro atoms. The highest BCUT2D eigenvalue weighted by molar-refractivity contribution is 5.99. The van der Waals surface area contributed by atoms with Crippen molar-refractivity contribution in [2.45, 2.75) is 13.3 Å². The fraction of sp³-hybridized carbons (Fsp3) is 0.200. The third-order valence-electron chi connectivity index (χ3n) is 2.90. The van der Waals surface area contributed by atoms with Gasteiger partial charge in [-0.05, 0) is 43.2 Å². The average Bonchev–Trinajstić information content (AvgIpc) is 2.42. The lowest BCUT2D eigenvalue weighted by atomic mass is 10.1. The monoisotopic (exact) mass is 255 g/mol. The number of anilines is 1. The molecule has 0 aliphatic carbocycles. The highest BCUT2D eigenvalue weighted by Gasteiger charge is 2.08. The topological polar surface area (TPSA) is 68.0 Å². The van der Waals surface area contributed by atoms with Gasteiger partial charge in [-0.2, -0.15) is 0 Å². The molecular formula is C15H17N3O. The van der Waals surface area contributed by atoms with E-state index in [0.29, 0.717) is 17.8 Å². The summed E-state index contributed by atoms with van der Waals surface area (Å²) in [7, 11) is 0. The molecular weight excluding hydrogens is 238 g/mol. The highest BCUT2D eigenvalue weighted by atomic mass is 16.1. The molecule has 0 radical (unpaired) electrons. The zero-order valence-electron chi connectivity index (χ0n) is 10.9. The molecule has 1 aromatic carbocycles. The summed E-state index contributed by atoms with van der Waals surface area (Å²) in [6.07, 6.45) is 4.27. The van der Waals surface area contributed by atoms with Crippen molar-refractivity contribution in [1.82, 2.24) is 10.3 Å². The molecule has 3 N–H and O–H groups in total. The number of benzene rings is 1. The van der Waals surface area contributed by atoms with Crippen LogP contribution in [-0.2, 0) is 6.42 Å². The first-order valence-corrected chi connectivity index (χ1v) is 6.20. The smallest absolute Gasteiger partial charge is 0.253 e. The number of nitrogen functional groups attached to an aromatic ring is 1. The van der Waals surface area contributed by atoms with Crippen molar-refractivity contribution in [3.63, 3.8) is 0 Å². The largest absolute Gasteiger partial charge is 0.398 e. The van der Waals surface area contributed by atoms with Gasteiger partial charge in [0.05, 0.1) is 5.56 Å². The second-order valence-corrected chi connectivity index (χ2v) is 4.45.